The molecule has 4 N–H and O–H groups in total. The lowest BCUT2D eigenvalue weighted by Gasteiger charge is -2.45. The van der Waals surface area contributed by atoms with Gasteiger partial charge in [-0.25, -0.2) is 4.79 Å². The van der Waals surface area contributed by atoms with Crippen LogP contribution in [0.2, 0.25) is 0 Å². The zero-order valence-electron chi connectivity index (χ0n) is 14.6. The highest BCUT2D eigenvalue weighted by Gasteiger charge is 2.39. The van der Waals surface area contributed by atoms with E-state index < -0.39 is 6.09 Å². The van der Waals surface area contributed by atoms with Crippen molar-refractivity contribution in [3.05, 3.63) is 23.8 Å². The number of nitrogens with one attached hydrogen (secondary N) is 2. The fourth-order valence-corrected chi connectivity index (χ4v) is 4.15. The van der Waals surface area contributed by atoms with E-state index in [0.717, 1.165) is 19.3 Å². The number of anilines is 1. The summed E-state index contributed by atoms with van der Waals surface area (Å²) in [6, 6.07) is 4.45. The Kier molecular flexibility index (Phi) is 4.78. The van der Waals surface area contributed by atoms with Gasteiger partial charge in [0.05, 0.1) is 11.3 Å². The average Bonchev–Trinajstić information content (AvgIpc) is 2.36. The van der Waals surface area contributed by atoms with Gasteiger partial charge in [0.15, 0.2) is 5.75 Å². The molecule has 0 unspecified atom stereocenters. The van der Waals surface area contributed by atoms with Crippen molar-refractivity contribution in [2.45, 2.75) is 53.0 Å². The van der Waals surface area contributed by atoms with Crippen LogP contribution < -0.4 is 10.6 Å². The first kappa shape index (κ1) is 18.1. The van der Waals surface area contributed by atoms with Gasteiger partial charge in [0, 0.05) is 6.04 Å². The van der Waals surface area contributed by atoms with Crippen molar-refractivity contribution in [2.75, 3.05) is 5.32 Å². The van der Waals surface area contributed by atoms with Crippen LogP contribution >= 0.6 is 0 Å². The minimum absolute atomic E-state index is 0.000506. The van der Waals surface area contributed by atoms with Gasteiger partial charge in [0.1, 0.15) is 0 Å². The summed E-state index contributed by atoms with van der Waals surface area (Å²) in [5, 5.41) is 24.0. The summed E-state index contributed by atoms with van der Waals surface area (Å²) in [7, 11) is 0. The number of carbonyl (C=O) groups excluding carboxylic acids is 1. The molecule has 6 nitrogen and oxygen atoms in total. The number of rotatable bonds is 3. The molecule has 0 radical (unpaired) electrons. The summed E-state index contributed by atoms with van der Waals surface area (Å²) >= 11 is 0. The van der Waals surface area contributed by atoms with Gasteiger partial charge < -0.3 is 15.5 Å². The van der Waals surface area contributed by atoms with Gasteiger partial charge in [-0.05, 0) is 42.2 Å². The van der Waals surface area contributed by atoms with Crippen LogP contribution in [0.25, 0.3) is 0 Å². The standard InChI is InChI=1S/C18H26N2O4/c1-17(2)8-11(9-18(3,4)10-17)19-15(22)12-6-5-7-13(14(12)21)20-16(23)24/h5-7,11,20-21H,8-10H2,1-4H3,(H,19,22)(H,23,24). The maximum atomic E-state index is 12.5. The molecule has 1 fully saturated rings. The normalized spacial score (nSPS) is 19.5. The van der Waals surface area contributed by atoms with Gasteiger partial charge in [-0.3, -0.25) is 10.1 Å². The monoisotopic (exact) mass is 334 g/mol. The van der Waals surface area contributed by atoms with Crippen molar-refractivity contribution in [2.24, 2.45) is 10.8 Å². The summed E-state index contributed by atoms with van der Waals surface area (Å²) in [5.74, 6) is -0.744. The van der Waals surface area contributed by atoms with Gasteiger partial charge in [0.2, 0.25) is 0 Å². The molecule has 1 aliphatic rings. The Labute approximate surface area is 142 Å². The fourth-order valence-electron chi connectivity index (χ4n) is 4.15. The molecule has 1 aliphatic carbocycles. The lowest BCUT2D eigenvalue weighted by atomic mass is 9.63. The molecule has 2 amide bonds. The van der Waals surface area contributed by atoms with Crippen molar-refractivity contribution in [3.8, 4) is 5.75 Å². The van der Waals surface area contributed by atoms with Gasteiger partial charge >= 0.3 is 6.09 Å². The van der Waals surface area contributed by atoms with Gasteiger partial charge in [-0.2, -0.15) is 0 Å². The summed E-state index contributed by atoms with van der Waals surface area (Å²) in [4.78, 5) is 23.3. The molecule has 24 heavy (non-hydrogen) atoms. The molecule has 0 bridgehead atoms. The second kappa shape index (κ2) is 6.34. The minimum Gasteiger partial charge on any atom is -0.505 e. The van der Waals surface area contributed by atoms with Crippen LogP contribution in [0.15, 0.2) is 18.2 Å². The molecule has 132 valence electrons. The molecular formula is C18H26N2O4. The molecule has 0 spiro atoms. The van der Waals surface area contributed by atoms with Crippen LogP contribution in [-0.4, -0.2) is 28.3 Å². The summed E-state index contributed by atoms with van der Waals surface area (Å²) < 4.78 is 0. The van der Waals surface area contributed by atoms with E-state index in [9.17, 15) is 14.7 Å². The van der Waals surface area contributed by atoms with Crippen LogP contribution in [-0.2, 0) is 0 Å². The Morgan fingerprint density at radius 2 is 1.71 bits per heavy atom. The van der Waals surface area contributed by atoms with Crippen molar-refractivity contribution in [1.29, 1.82) is 0 Å². The topological polar surface area (TPSA) is 98.7 Å². The number of benzene rings is 1. The molecule has 0 saturated heterocycles. The lowest BCUT2D eigenvalue weighted by molar-refractivity contribution is 0.0712. The highest BCUT2D eigenvalue weighted by atomic mass is 16.4. The number of carboxylic acid groups (broad SMARTS) is 1. The highest BCUT2D eigenvalue weighted by molar-refractivity contribution is 6.00. The Balaban J connectivity index is 2.17. The maximum Gasteiger partial charge on any atom is 0.409 e. The van der Waals surface area contributed by atoms with E-state index in [4.69, 9.17) is 5.11 Å². The number of carbonyl (C=O) groups is 2. The van der Waals surface area contributed by atoms with Crippen molar-refractivity contribution in [3.63, 3.8) is 0 Å². The van der Waals surface area contributed by atoms with Gasteiger partial charge in [0.25, 0.3) is 5.91 Å². The molecule has 2 rings (SSSR count). The third kappa shape index (κ3) is 4.40. The first-order valence-corrected chi connectivity index (χ1v) is 8.12. The quantitative estimate of drug-likeness (QED) is 0.632. The van der Waals surface area contributed by atoms with Crippen LogP contribution in [0.5, 0.6) is 5.75 Å². The second-order valence-electron chi connectivity index (χ2n) is 8.22. The largest absolute Gasteiger partial charge is 0.505 e. The number of phenolic OH excluding ortho intramolecular Hbond substituents is 1. The molecule has 1 saturated carbocycles. The molecule has 0 atom stereocenters. The van der Waals surface area contributed by atoms with Crippen molar-refractivity contribution in [1.82, 2.24) is 5.32 Å². The Morgan fingerprint density at radius 1 is 1.12 bits per heavy atom. The van der Waals surface area contributed by atoms with E-state index in [1.165, 1.54) is 18.2 Å². The molecular weight excluding hydrogens is 308 g/mol. The Morgan fingerprint density at radius 3 is 2.25 bits per heavy atom. The SMILES string of the molecule is CC1(C)CC(NC(=O)c2cccc(NC(=O)O)c2O)CC(C)(C)C1. The third-order valence-corrected chi connectivity index (χ3v) is 4.41. The molecule has 1 aromatic carbocycles. The van der Waals surface area contributed by atoms with E-state index >= 15 is 0 Å². The zero-order valence-corrected chi connectivity index (χ0v) is 14.6. The van der Waals surface area contributed by atoms with Crippen molar-refractivity contribution >= 4 is 17.7 Å². The van der Waals surface area contributed by atoms with Crippen molar-refractivity contribution < 1.29 is 19.8 Å². The number of para-hydroxylation sites is 1. The highest BCUT2D eigenvalue weighted by Crippen LogP contribution is 2.45. The van der Waals surface area contributed by atoms with Gasteiger partial charge in [-0.15, -0.1) is 0 Å². The van der Waals surface area contributed by atoms with E-state index in [0.29, 0.717) is 0 Å². The fraction of sp³-hybridized carbons (Fsp3) is 0.556. The molecule has 6 heteroatoms. The first-order chi connectivity index (χ1) is 11.0. The molecule has 0 aliphatic heterocycles. The van der Waals surface area contributed by atoms with E-state index in [1.54, 1.807) is 0 Å². The number of aromatic hydroxyl groups is 1. The van der Waals surface area contributed by atoms with Crippen LogP contribution in [0.4, 0.5) is 10.5 Å². The predicted octanol–water partition coefficient (Wildman–Crippen LogP) is 3.82. The predicted molar refractivity (Wildman–Crippen MR) is 92.4 cm³/mol. The summed E-state index contributed by atoms with van der Waals surface area (Å²) in [5.41, 5.74) is 0.338. The Bertz CT molecular complexity index is 636. The lowest BCUT2D eigenvalue weighted by Crippen LogP contribution is -2.46. The molecule has 1 aromatic rings. The minimum atomic E-state index is -1.29. The smallest absolute Gasteiger partial charge is 0.409 e. The number of amides is 2. The van der Waals surface area contributed by atoms with Crippen LogP contribution in [0.3, 0.4) is 0 Å². The van der Waals surface area contributed by atoms with E-state index in [2.05, 4.69) is 38.3 Å². The second-order valence-corrected chi connectivity index (χ2v) is 8.22. The summed E-state index contributed by atoms with van der Waals surface area (Å²) in [6.45, 7) is 8.79. The number of phenols is 1. The van der Waals surface area contributed by atoms with Gasteiger partial charge in [-0.1, -0.05) is 33.8 Å². The third-order valence-electron chi connectivity index (χ3n) is 4.41. The average molecular weight is 334 g/mol. The molecule has 0 aromatic heterocycles. The van der Waals surface area contributed by atoms with E-state index in [1.807, 2.05) is 0 Å². The first-order valence-electron chi connectivity index (χ1n) is 8.12. The Hall–Kier alpha value is -2.24. The molecule has 0 heterocycles. The van der Waals surface area contributed by atoms with Crippen LogP contribution in [0, 0.1) is 10.8 Å². The number of hydrogen-bond donors (Lipinski definition) is 4. The van der Waals surface area contributed by atoms with Crippen LogP contribution in [0.1, 0.15) is 57.3 Å². The maximum absolute atomic E-state index is 12.5. The van der Waals surface area contributed by atoms with E-state index in [-0.39, 0.29) is 39.8 Å². The number of hydrogen-bond acceptors (Lipinski definition) is 3. The summed E-state index contributed by atoms with van der Waals surface area (Å²) in [6.07, 6.45) is 1.54. The zero-order chi connectivity index (χ0) is 18.1.